The van der Waals surface area contributed by atoms with E-state index in [0.29, 0.717) is 12.0 Å². The van der Waals surface area contributed by atoms with E-state index < -0.39 is 17.3 Å². The lowest BCUT2D eigenvalue weighted by atomic mass is 9.95. The molecular weight excluding hydrogens is 247 g/mol. The standard InChI is InChI=1S/C14H17FN2O2/c1-3-6-14(2,13(18)19)17-9-10-4-5-12(15)7-11(10)8-16/h4-5,7,17H,3,6,9H2,1-2H3,(H,18,19). The van der Waals surface area contributed by atoms with Crippen LogP contribution >= 0.6 is 0 Å². The predicted octanol–water partition coefficient (Wildman–Crippen LogP) is 2.43. The zero-order chi connectivity index (χ0) is 14.5. The van der Waals surface area contributed by atoms with Crippen LogP contribution in [0.25, 0.3) is 0 Å². The van der Waals surface area contributed by atoms with Crippen LogP contribution in [0.5, 0.6) is 0 Å². The molecule has 0 aliphatic rings. The van der Waals surface area contributed by atoms with Crippen LogP contribution in [0, 0.1) is 17.1 Å². The van der Waals surface area contributed by atoms with Gasteiger partial charge in [0, 0.05) is 6.54 Å². The summed E-state index contributed by atoms with van der Waals surface area (Å²) in [5.41, 5.74) is -0.236. The molecule has 1 aromatic rings. The van der Waals surface area contributed by atoms with Crippen LogP contribution in [0.2, 0.25) is 0 Å². The Labute approximate surface area is 111 Å². The van der Waals surface area contributed by atoms with Crippen molar-refractivity contribution >= 4 is 5.97 Å². The van der Waals surface area contributed by atoms with Crippen molar-refractivity contribution in [3.05, 3.63) is 35.1 Å². The summed E-state index contributed by atoms with van der Waals surface area (Å²) in [6, 6.07) is 5.81. The van der Waals surface area contributed by atoms with Gasteiger partial charge in [0.25, 0.3) is 0 Å². The van der Waals surface area contributed by atoms with Crippen LogP contribution in [0.1, 0.15) is 37.8 Å². The van der Waals surface area contributed by atoms with E-state index in [2.05, 4.69) is 5.32 Å². The number of hydrogen-bond acceptors (Lipinski definition) is 3. The highest BCUT2D eigenvalue weighted by Gasteiger charge is 2.31. The molecule has 0 fully saturated rings. The fourth-order valence-electron chi connectivity index (χ4n) is 1.87. The van der Waals surface area contributed by atoms with Crippen molar-refractivity contribution in [2.24, 2.45) is 0 Å². The van der Waals surface area contributed by atoms with Crippen LogP contribution in [-0.4, -0.2) is 16.6 Å². The smallest absolute Gasteiger partial charge is 0.323 e. The third kappa shape index (κ3) is 3.76. The number of aliphatic carboxylic acids is 1. The maximum atomic E-state index is 13.0. The van der Waals surface area contributed by atoms with Crippen molar-refractivity contribution in [1.29, 1.82) is 5.26 Å². The largest absolute Gasteiger partial charge is 0.480 e. The second-order valence-corrected chi connectivity index (χ2v) is 4.65. The fourth-order valence-corrected chi connectivity index (χ4v) is 1.87. The molecule has 19 heavy (non-hydrogen) atoms. The van der Waals surface area contributed by atoms with E-state index in [1.165, 1.54) is 12.1 Å². The third-order valence-electron chi connectivity index (χ3n) is 3.08. The molecule has 0 aliphatic carbocycles. The Bertz CT molecular complexity index is 511. The van der Waals surface area contributed by atoms with Crippen molar-refractivity contribution in [2.75, 3.05) is 0 Å². The minimum absolute atomic E-state index is 0.214. The molecule has 0 saturated carbocycles. The highest BCUT2D eigenvalue weighted by molar-refractivity contribution is 5.78. The van der Waals surface area contributed by atoms with E-state index in [0.717, 1.165) is 12.5 Å². The Balaban J connectivity index is 2.86. The summed E-state index contributed by atoms with van der Waals surface area (Å²) < 4.78 is 13.0. The van der Waals surface area contributed by atoms with Crippen molar-refractivity contribution in [2.45, 2.75) is 38.8 Å². The van der Waals surface area contributed by atoms with E-state index >= 15 is 0 Å². The molecular formula is C14H17FN2O2. The maximum Gasteiger partial charge on any atom is 0.323 e. The summed E-state index contributed by atoms with van der Waals surface area (Å²) in [5.74, 6) is -1.41. The first-order valence-electron chi connectivity index (χ1n) is 6.10. The van der Waals surface area contributed by atoms with Gasteiger partial charge in [0.05, 0.1) is 11.6 Å². The van der Waals surface area contributed by atoms with E-state index in [4.69, 9.17) is 5.26 Å². The predicted molar refractivity (Wildman–Crippen MR) is 68.9 cm³/mol. The molecule has 0 bridgehead atoms. The molecule has 5 heteroatoms. The lowest BCUT2D eigenvalue weighted by Gasteiger charge is -2.26. The zero-order valence-electron chi connectivity index (χ0n) is 11.0. The van der Waals surface area contributed by atoms with Gasteiger partial charge in [-0.3, -0.25) is 10.1 Å². The number of carboxylic acids is 1. The molecule has 1 atom stereocenters. The molecule has 0 radical (unpaired) electrons. The lowest BCUT2D eigenvalue weighted by Crippen LogP contribution is -2.49. The molecule has 0 aliphatic heterocycles. The Hall–Kier alpha value is -1.93. The van der Waals surface area contributed by atoms with E-state index in [1.807, 2.05) is 13.0 Å². The van der Waals surface area contributed by atoms with Crippen molar-refractivity contribution < 1.29 is 14.3 Å². The highest BCUT2D eigenvalue weighted by Crippen LogP contribution is 2.16. The molecule has 1 aromatic carbocycles. The topological polar surface area (TPSA) is 73.1 Å². The second kappa shape index (κ2) is 6.30. The number of carboxylic acid groups (broad SMARTS) is 1. The van der Waals surface area contributed by atoms with Gasteiger partial charge >= 0.3 is 5.97 Å². The zero-order valence-corrected chi connectivity index (χ0v) is 11.0. The third-order valence-corrected chi connectivity index (χ3v) is 3.08. The Morgan fingerprint density at radius 3 is 2.79 bits per heavy atom. The first-order chi connectivity index (χ1) is 8.92. The van der Waals surface area contributed by atoms with Gasteiger partial charge in [0.2, 0.25) is 0 Å². The number of nitrogens with one attached hydrogen (secondary N) is 1. The molecule has 102 valence electrons. The number of nitrogens with zero attached hydrogens (tertiary/aromatic N) is 1. The average molecular weight is 264 g/mol. The van der Waals surface area contributed by atoms with Crippen LogP contribution in [-0.2, 0) is 11.3 Å². The summed E-state index contributed by atoms with van der Waals surface area (Å²) in [7, 11) is 0. The summed E-state index contributed by atoms with van der Waals surface area (Å²) in [4.78, 5) is 11.3. The van der Waals surface area contributed by atoms with E-state index in [-0.39, 0.29) is 12.1 Å². The Morgan fingerprint density at radius 1 is 1.58 bits per heavy atom. The molecule has 0 heterocycles. The molecule has 1 unspecified atom stereocenters. The number of hydrogen-bond donors (Lipinski definition) is 2. The van der Waals surface area contributed by atoms with Gasteiger partial charge in [-0.1, -0.05) is 19.4 Å². The van der Waals surface area contributed by atoms with Crippen LogP contribution < -0.4 is 5.32 Å². The fraction of sp³-hybridized carbons (Fsp3) is 0.429. The van der Waals surface area contributed by atoms with Gasteiger partial charge in [-0.15, -0.1) is 0 Å². The summed E-state index contributed by atoms with van der Waals surface area (Å²) in [6.07, 6.45) is 1.20. The summed E-state index contributed by atoms with van der Waals surface area (Å²) >= 11 is 0. The Kier molecular flexibility index (Phi) is 5.02. The van der Waals surface area contributed by atoms with Crippen LogP contribution in [0.15, 0.2) is 18.2 Å². The molecule has 0 spiro atoms. The van der Waals surface area contributed by atoms with Gasteiger partial charge < -0.3 is 5.11 Å². The van der Waals surface area contributed by atoms with Crippen LogP contribution in [0.4, 0.5) is 4.39 Å². The molecule has 0 amide bonds. The second-order valence-electron chi connectivity index (χ2n) is 4.65. The minimum atomic E-state index is -1.05. The maximum absolute atomic E-state index is 13.0. The number of rotatable bonds is 6. The van der Waals surface area contributed by atoms with Gasteiger partial charge in [0.15, 0.2) is 0 Å². The summed E-state index contributed by atoms with van der Waals surface area (Å²) in [6.45, 7) is 3.72. The summed E-state index contributed by atoms with van der Waals surface area (Å²) in [5, 5.41) is 21.1. The minimum Gasteiger partial charge on any atom is -0.480 e. The molecule has 1 rings (SSSR count). The number of halogens is 1. The normalized spacial score (nSPS) is 13.6. The Morgan fingerprint density at radius 2 is 2.26 bits per heavy atom. The molecule has 0 aromatic heterocycles. The average Bonchev–Trinajstić information content (AvgIpc) is 2.37. The van der Waals surface area contributed by atoms with E-state index in [9.17, 15) is 14.3 Å². The number of benzene rings is 1. The SMILES string of the molecule is CCCC(C)(NCc1ccc(F)cc1C#N)C(=O)O. The molecule has 0 saturated heterocycles. The van der Waals surface area contributed by atoms with Crippen molar-refractivity contribution in [1.82, 2.24) is 5.32 Å². The van der Waals surface area contributed by atoms with Crippen LogP contribution in [0.3, 0.4) is 0 Å². The number of carbonyl (C=O) groups is 1. The van der Waals surface area contributed by atoms with Gasteiger partial charge in [-0.05, 0) is 31.0 Å². The monoisotopic (exact) mass is 264 g/mol. The van der Waals surface area contributed by atoms with Crippen molar-refractivity contribution in [3.63, 3.8) is 0 Å². The molecule has 2 N–H and O–H groups in total. The van der Waals surface area contributed by atoms with Gasteiger partial charge in [-0.25, -0.2) is 4.39 Å². The van der Waals surface area contributed by atoms with Crippen molar-refractivity contribution in [3.8, 4) is 6.07 Å². The molecule has 4 nitrogen and oxygen atoms in total. The van der Waals surface area contributed by atoms with Gasteiger partial charge in [0.1, 0.15) is 11.4 Å². The highest BCUT2D eigenvalue weighted by atomic mass is 19.1. The van der Waals surface area contributed by atoms with E-state index in [1.54, 1.807) is 6.92 Å². The lowest BCUT2D eigenvalue weighted by molar-refractivity contribution is -0.144. The quantitative estimate of drug-likeness (QED) is 0.827. The first-order valence-corrected chi connectivity index (χ1v) is 6.10. The first kappa shape index (κ1) is 15.1. The number of nitriles is 1. The van der Waals surface area contributed by atoms with Gasteiger partial charge in [-0.2, -0.15) is 5.26 Å².